The third-order valence-electron chi connectivity index (χ3n) is 2.90. The van der Waals surface area contributed by atoms with Gasteiger partial charge in [0.25, 0.3) is 5.91 Å². The molecule has 0 radical (unpaired) electrons. The third-order valence-corrected chi connectivity index (χ3v) is 2.90. The van der Waals surface area contributed by atoms with Gasteiger partial charge in [0.2, 0.25) is 0 Å². The number of hydrogen-bond donors (Lipinski definition) is 2. The quantitative estimate of drug-likeness (QED) is 0.796. The van der Waals surface area contributed by atoms with E-state index < -0.39 is 0 Å². The fraction of sp³-hybridized carbons (Fsp3) is 0.188. The standard InChI is InChI=1S/C16H18N2O3/c1-20-14-4-2-3-5-15(14)21-11-16(19)18-10-12-6-8-13(17)9-7-12/h2-9H,10-11,17H2,1H3,(H,18,19). The highest BCUT2D eigenvalue weighted by molar-refractivity contribution is 5.77. The summed E-state index contributed by atoms with van der Waals surface area (Å²) in [6.45, 7) is 0.379. The maximum absolute atomic E-state index is 11.8. The van der Waals surface area contributed by atoms with Crippen LogP contribution in [0.15, 0.2) is 48.5 Å². The highest BCUT2D eigenvalue weighted by Gasteiger charge is 2.06. The molecule has 0 atom stereocenters. The third kappa shape index (κ3) is 4.42. The minimum absolute atomic E-state index is 0.0602. The average molecular weight is 286 g/mol. The van der Waals surface area contributed by atoms with Gasteiger partial charge in [-0.1, -0.05) is 24.3 Å². The Bertz CT molecular complexity index is 597. The zero-order valence-corrected chi connectivity index (χ0v) is 11.8. The van der Waals surface area contributed by atoms with Crippen molar-refractivity contribution < 1.29 is 14.3 Å². The number of ether oxygens (including phenoxy) is 2. The predicted molar refractivity (Wildman–Crippen MR) is 81.2 cm³/mol. The Kier molecular flexibility index (Phi) is 5.04. The molecule has 5 nitrogen and oxygen atoms in total. The molecule has 0 unspecified atom stereocenters. The van der Waals surface area contributed by atoms with Crippen molar-refractivity contribution >= 4 is 11.6 Å². The van der Waals surface area contributed by atoms with Gasteiger partial charge in [0.15, 0.2) is 18.1 Å². The van der Waals surface area contributed by atoms with Crippen LogP contribution in [0.3, 0.4) is 0 Å². The number of methoxy groups -OCH3 is 1. The summed E-state index contributed by atoms with van der Waals surface area (Å²) in [5.41, 5.74) is 7.28. The van der Waals surface area contributed by atoms with Crippen molar-refractivity contribution in [1.29, 1.82) is 0 Å². The average Bonchev–Trinajstić information content (AvgIpc) is 2.52. The number of benzene rings is 2. The predicted octanol–water partition coefficient (Wildman–Crippen LogP) is 1.97. The van der Waals surface area contributed by atoms with Crippen LogP contribution in [0, 0.1) is 0 Å². The number of hydrogen-bond acceptors (Lipinski definition) is 4. The van der Waals surface area contributed by atoms with E-state index in [0.717, 1.165) is 5.56 Å². The van der Waals surface area contributed by atoms with E-state index in [0.29, 0.717) is 23.7 Å². The number of nitrogens with one attached hydrogen (secondary N) is 1. The number of carbonyl (C=O) groups is 1. The summed E-state index contributed by atoms with van der Waals surface area (Å²) in [5, 5.41) is 2.78. The molecule has 0 saturated carbocycles. The first kappa shape index (κ1) is 14.7. The Hall–Kier alpha value is -2.69. The Labute approximate surface area is 123 Å². The number of anilines is 1. The molecule has 0 bridgehead atoms. The molecule has 0 aliphatic carbocycles. The molecule has 0 aliphatic rings. The molecule has 0 saturated heterocycles. The normalized spacial score (nSPS) is 9.95. The van der Waals surface area contributed by atoms with Crippen LogP contribution >= 0.6 is 0 Å². The zero-order chi connectivity index (χ0) is 15.1. The van der Waals surface area contributed by atoms with Crippen LogP contribution < -0.4 is 20.5 Å². The first-order valence-electron chi connectivity index (χ1n) is 6.56. The van der Waals surface area contributed by atoms with E-state index in [4.69, 9.17) is 15.2 Å². The lowest BCUT2D eigenvalue weighted by molar-refractivity contribution is -0.123. The van der Waals surface area contributed by atoms with Crippen molar-refractivity contribution in [2.75, 3.05) is 19.5 Å². The summed E-state index contributed by atoms with van der Waals surface area (Å²) >= 11 is 0. The molecule has 21 heavy (non-hydrogen) atoms. The Morgan fingerprint density at radius 1 is 1.10 bits per heavy atom. The summed E-state index contributed by atoms with van der Waals surface area (Å²) < 4.78 is 10.6. The molecule has 0 spiro atoms. The van der Waals surface area contributed by atoms with Gasteiger partial charge in [-0.3, -0.25) is 4.79 Å². The Balaban J connectivity index is 1.81. The molecule has 2 aromatic carbocycles. The van der Waals surface area contributed by atoms with E-state index in [-0.39, 0.29) is 12.5 Å². The van der Waals surface area contributed by atoms with Gasteiger partial charge in [-0.05, 0) is 29.8 Å². The van der Waals surface area contributed by atoms with E-state index in [1.807, 2.05) is 24.3 Å². The number of carbonyl (C=O) groups excluding carboxylic acids is 1. The molecule has 110 valence electrons. The number of rotatable bonds is 6. The van der Waals surface area contributed by atoms with Gasteiger partial charge in [-0.15, -0.1) is 0 Å². The van der Waals surface area contributed by atoms with Crippen LogP contribution in [-0.4, -0.2) is 19.6 Å². The van der Waals surface area contributed by atoms with Crippen LogP contribution in [0.2, 0.25) is 0 Å². The zero-order valence-electron chi connectivity index (χ0n) is 11.8. The Morgan fingerprint density at radius 2 is 1.76 bits per heavy atom. The molecule has 1 amide bonds. The van der Waals surface area contributed by atoms with Crippen LogP contribution in [0.4, 0.5) is 5.69 Å². The van der Waals surface area contributed by atoms with Crippen molar-refractivity contribution in [1.82, 2.24) is 5.32 Å². The molecule has 3 N–H and O–H groups in total. The van der Waals surface area contributed by atoms with Gasteiger partial charge >= 0.3 is 0 Å². The Morgan fingerprint density at radius 3 is 2.43 bits per heavy atom. The lowest BCUT2D eigenvalue weighted by Crippen LogP contribution is -2.28. The van der Waals surface area contributed by atoms with E-state index in [9.17, 15) is 4.79 Å². The number of nitrogens with two attached hydrogens (primary N) is 1. The minimum atomic E-state index is -0.197. The first-order chi connectivity index (χ1) is 10.2. The van der Waals surface area contributed by atoms with Gasteiger partial charge in [-0.25, -0.2) is 0 Å². The summed E-state index contributed by atoms with van der Waals surface area (Å²) in [5.74, 6) is 0.948. The topological polar surface area (TPSA) is 73.6 Å². The monoisotopic (exact) mass is 286 g/mol. The van der Waals surface area contributed by atoms with Crippen molar-refractivity contribution in [2.45, 2.75) is 6.54 Å². The maximum atomic E-state index is 11.8. The summed E-state index contributed by atoms with van der Waals surface area (Å²) in [6, 6.07) is 14.5. The van der Waals surface area contributed by atoms with Gasteiger partial charge in [0, 0.05) is 12.2 Å². The van der Waals surface area contributed by atoms with Gasteiger partial charge in [0.1, 0.15) is 0 Å². The smallest absolute Gasteiger partial charge is 0.258 e. The summed E-state index contributed by atoms with van der Waals surface area (Å²) in [6.07, 6.45) is 0. The van der Waals surface area contributed by atoms with Crippen LogP contribution in [0.25, 0.3) is 0 Å². The lowest BCUT2D eigenvalue weighted by Gasteiger charge is -2.10. The highest BCUT2D eigenvalue weighted by atomic mass is 16.5. The fourth-order valence-corrected chi connectivity index (χ4v) is 1.77. The molecular formula is C16H18N2O3. The second kappa shape index (κ2) is 7.19. The highest BCUT2D eigenvalue weighted by Crippen LogP contribution is 2.25. The van der Waals surface area contributed by atoms with E-state index in [1.165, 1.54) is 0 Å². The van der Waals surface area contributed by atoms with E-state index in [1.54, 1.807) is 31.4 Å². The number of amides is 1. The second-order valence-electron chi connectivity index (χ2n) is 4.46. The molecule has 0 fully saturated rings. The minimum Gasteiger partial charge on any atom is -0.493 e. The lowest BCUT2D eigenvalue weighted by atomic mass is 10.2. The largest absolute Gasteiger partial charge is 0.493 e. The molecule has 0 aromatic heterocycles. The summed E-state index contributed by atoms with van der Waals surface area (Å²) in [4.78, 5) is 11.8. The fourth-order valence-electron chi connectivity index (χ4n) is 1.77. The van der Waals surface area contributed by atoms with Gasteiger partial charge < -0.3 is 20.5 Å². The molecule has 5 heteroatoms. The molecule has 2 aromatic rings. The molecule has 0 heterocycles. The van der Waals surface area contributed by atoms with Crippen LogP contribution in [-0.2, 0) is 11.3 Å². The summed E-state index contributed by atoms with van der Waals surface area (Å²) in [7, 11) is 1.56. The maximum Gasteiger partial charge on any atom is 0.258 e. The number of para-hydroxylation sites is 2. The van der Waals surface area contributed by atoms with E-state index >= 15 is 0 Å². The van der Waals surface area contributed by atoms with Gasteiger partial charge in [0.05, 0.1) is 7.11 Å². The van der Waals surface area contributed by atoms with Gasteiger partial charge in [-0.2, -0.15) is 0 Å². The second-order valence-corrected chi connectivity index (χ2v) is 4.46. The molecular weight excluding hydrogens is 268 g/mol. The van der Waals surface area contributed by atoms with E-state index in [2.05, 4.69) is 5.32 Å². The van der Waals surface area contributed by atoms with Crippen molar-refractivity contribution in [2.24, 2.45) is 0 Å². The van der Waals surface area contributed by atoms with Crippen molar-refractivity contribution in [3.8, 4) is 11.5 Å². The van der Waals surface area contributed by atoms with Crippen LogP contribution in [0.1, 0.15) is 5.56 Å². The van der Waals surface area contributed by atoms with Crippen molar-refractivity contribution in [3.05, 3.63) is 54.1 Å². The molecule has 2 rings (SSSR count). The number of nitrogen functional groups attached to an aromatic ring is 1. The van der Waals surface area contributed by atoms with Crippen molar-refractivity contribution in [3.63, 3.8) is 0 Å². The molecule has 0 aliphatic heterocycles. The van der Waals surface area contributed by atoms with Crippen LogP contribution in [0.5, 0.6) is 11.5 Å². The first-order valence-corrected chi connectivity index (χ1v) is 6.56. The SMILES string of the molecule is COc1ccccc1OCC(=O)NCc1ccc(N)cc1.